The fourth-order valence-electron chi connectivity index (χ4n) is 1.87. The van der Waals surface area contributed by atoms with Gasteiger partial charge in [0.2, 0.25) is 0 Å². The smallest absolute Gasteiger partial charge is 0.416 e. The van der Waals surface area contributed by atoms with Crippen molar-refractivity contribution >= 4 is 11.5 Å². The molecule has 0 radical (unpaired) electrons. The molecule has 1 rings (SSSR count). The number of carbonyl (C=O) groups is 1. The second-order valence-corrected chi connectivity index (χ2v) is 5.23. The third-order valence-corrected chi connectivity index (χ3v) is 3.10. The fourth-order valence-corrected chi connectivity index (χ4v) is 1.87. The molecule has 0 bridgehead atoms. The summed E-state index contributed by atoms with van der Waals surface area (Å²) in [5, 5.41) is 8.55. The molecular weight excluding hydrogens is 350 g/mol. The Morgan fingerprint density at radius 3 is 1.84 bits per heavy atom. The van der Waals surface area contributed by atoms with Crippen LogP contribution in [0.1, 0.15) is 30.5 Å². The van der Waals surface area contributed by atoms with Crippen LogP contribution in [0.4, 0.5) is 26.3 Å². The summed E-state index contributed by atoms with van der Waals surface area (Å²) in [6.45, 7) is 2.84. The minimum Gasteiger partial charge on any atom is -0.478 e. The van der Waals surface area contributed by atoms with E-state index in [1.54, 1.807) is 0 Å². The maximum atomic E-state index is 12.8. The Balaban J connectivity index is 3.29. The summed E-state index contributed by atoms with van der Waals surface area (Å²) < 4.78 is 76.9. The lowest BCUT2D eigenvalue weighted by Crippen LogP contribution is -2.11. The Bertz CT molecular complexity index is 704. The Labute approximate surface area is 139 Å². The van der Waals surface area contributed by atoms with Gasteiger partial charge in [-0.1, -0.05) is 18.2 Å². The molecule has 0 saturated carbocycles. The number of allylic oxidation sites excluding steroid dienone is 5. The van der Waals surface area contributed by atoms with Crippen LogP contribution in [0.2, 0.25) is 0 Å². The predicted octanol–water partition coefficient (Wildman–Crippen LogP) is 5.71. The van der Waals surface area contributed by atoms with E-state index in [0.717, 1.165) is 6.08 Å². The van der Waals surface area contributed by atoms with Gasteiger partial charge in [-0.2, -0.15) is 26.3 Å². The lowest BCUT2D eigenvalue weighted by molar-refractivity contribution is -0.143. The molecule has 0 atom stereocenters. The van der Waals surface area contributed by atoms with E-state index < -0.39 is 29.4 Å². The second kappa shape index (κ2) is 7.58. The van der Waals surface area contributed by atoms with Crippen LogP contribution in [0.15, 0.2) is 48.1 Å². The summed E-state index contributed by atoms with van der Waals surface area (Å²) in [5.41, 5.74) is -2.49. The summed E-state index contributed by atoms with van der Waals surface area (Å²) >= 11 is 0. The largest absolute Gasteiger partial charge is 0.478 e. The normalized spacial score (nSPS) is 14.2. The van der Waals surface area contributed by atoms with Gasteiger partial charge in [0.15, 0.2) is 0 Å². The van der Waals surface area contributed by atoms with Crippen LogP contribution in [0.3, 0.4) is 0 Å². The summed E-state index contributed by atoms with van der Waals surface area (Å²) in [6, 6.07) is 1.33. The molecule has 0 unspecified atom stereocenters. The Morgan fingerprint density at radius 1 is 0.960 bits per heavy atom. The molecule has 0 heterocycles. The summed E-state index contributed by atoms with van der Waals surface area (Å²) in [4.78, 5) is 10.5. The highest BCUT2D eigenvalue weighted by Gasteiger charge is 2.36. The minimum absolute atomic E-state index is 0.0619. The standard InChI is InChI=1S/C17H14F6O2/c1-10(6-15(24)25)4-3-5-11(2)12-7-13(16(18,19)20)9-14(8-12)17(21,22)23/h3-9H,1-2H3,(H,24,25)/b4-3+,10-6+,11-5-. The van der Waals surface area contributed by atoms with Crippen LogP contribution in [0, 0.1) is 0 Å². The first-order valence-electron chi connectivity index (χ1n) is 6.87. The Kier molecular flexibility index (Phi) is 6.23. The van der Waals surface area contributed by atoms with Gasteiger partial charge in [0.25, 0.3) is 0 Å². The number of hydrogen-bond acceptors (Lipinski definition) is 1. The zero-order valence-electron chi connectivity index (χ0n) is 13.2. The average Bonchev–Trinajstić information content (AvgIpc) is 2.44. The minimum atomic E-state index is -4.91. The van der Waals surface area contributed by atoms with Crippen LogP contribution < -0.4 is 0 Å². The van der Waals surface area contributed by atoms with Gasteiger partial charge in [0, 0.05) is 6.08 Å². The lowest BCUT2D eigenvalue weighted by Gasteiger charge is -2.14. The molecule has 0 aromatic heterocycles. The van der Waals surface area contributed by atoms with Crippen molar-refractivity contribution < 1.29 is 36.2 Å². The molecule has 0 saturated heterocycles. The van der Waals surface area contributed by atoms with Crippen molar-refractivity contribution in [2.45, 2.75) is 26.2 Å². The molecule has 0 spiro atoms. The van der Waals surface area contributed by atoms with Gasteiger partial charge < -0.3 is 5.11 Å². The van der Waals surface area contributed by atoms with Crippen molar-refractivity contribution in [3.8, 4) is 0 Å². The van der Waals surface area contributed by atoms with Gasteiger partial charge in [-0.15, -0.1) is 0 Å². The third kappa shape index (κ3) is 6.48. The van der Waals surface area contributed by atoms with Gasteiger partial charge in [-0.05, 0) is 48.8 Å². The van der Waals surface area contributed by atoms with Crippen LogP contribution in [-0.4, -0.2) is 11.1 Å². The summed E-state index contributed by atoms with van der Waals surface area (Å²) in [7, 11) is 0. The molecule has 25 heavy (non-hydrogen) atoms. The van der Waals surface area contributed by atoms with E-state index in [1.807, 2.05) is 0 Å². The second-order valence-electron chi connectivity index (χ2n) is 5.23. The Morgan fingerprint density at radius 2 is 1.44 bits per heavy atom. The van der Waals surface area contributed by atoms with Crippen molar-refractivity contribution in [3.63, 3.8) is 0 Å². The number of benzene rings is 1. The topological polar surface area (TPSA) is 37.3 Å². The molecule has 1 aromatic carbocycles. The van der Waals surface area contributed by atoms with E-state index in [-0.39, 0.29) is 17.2 Å². The predicted molar refractivity (Wildman–Crippen MR) is 80.6 cm³/mol. The highest BCUT2D eigenvalue weighted by atomic mass is 19.4. The van der Waals surface area contributed by atoms with Crippen molar-refractivity contribution in [1.29, 1.82) is 0 Å². The van der Waals surface area contributed by atoms with Gasteiger partial charge in [0.05, 0.1) is 11.1 Å². The first-order valence-corrected chi connectivity index (χ1v) is 6.87. The molecule has 0 fully saturated rings. The van der Waals surface area contributed by atoms with Gasteiger partial charge >= 0.3 is 18.3 Å². The molecule has 1 aromatic rings. The summed E-state index contributed by atoms with van der Waals surface area (Å²) in [6.07, 6.45) is -4.89. The van der Waals surface area contributed by atoms with Crippen molar-refractivity contribution in [2.24, 2.45) is 0 Å². The van der Waals surface area contributed by atoms with Crippen molar-refractivity contribution in [2.75, 3.05) is 0 Å². The molecule has 0 aliphatic rings. The zero-order valence-corrected chi connectivity index (χ0v) is 13.2. The molecule has 136 valence electrons. The van der Waals surface area contributed by atoms with E-state index in [0.29, 0.717) is 17.7 Å². The van der Waals surface area contributed by atoms with Crippen molar-refractivity contribution in [3.05, 3.63) is 64.8 Å². The van der Waals surface area contributed by atoms with Crippen LogP contribution in [-0.2, 0) is 17.1 Å². The van der Waals surface area contributed by atoms with Crippen LogP contribution in [0.5, 0.6) is 0 Å². The zero-order chi connectivity index (χ0) is 19.4. The van der Waals surface area contributed by atoms with Gasteiger partial charge in [-0.25, -0.2) is 4.79 Å². The first-order chi connectivity index (χ1) is 11.3. The molecule has 0 aliphatic carbocycles. The van der Waals surface area contributed by atoms with Crippen LogP contribution >= 0.6 is 0 Å². The lowest BCUT2D eigenvalue weighted by atomic mass is 9.99. The monoisotopic (exact) mass is 364 g/mol. The Hall–Kier alpha value is -2.51. The molecule has 1 N–H and O–H groups in total. The van der Waals surface area contributed by atoms with Crippen molar-refractivity contribution in [1.82, 2.24) is 0 Å². The maximum absolute atomic E-state index is 12.8. The molecule has 0 aliphatic heterocycles. The molecule has 2 nitrogen and oxygen atoms in total. The van der Waals surface area contributed by atoms with E-state index in [4.69, 9.17) is 5.11 Å². The van der Waals surface area contributed by atoms with Crippen LogP contribution in [0.25, 0.3) is 5.57 Å². The summed E-state index contributed by atoms with van der Waals surface area (Å²) in [5.74, 6) is -1.17. The average molecular weight is 364 g/mol. The van der Waals surface area contributed by atoms with E-state index in [9.17, 15) is 31.1 Å². The van der Waals surface area contributed by atoms with E-state index >= 15 is 0 Å². The van der Waals surface area contributed by atoms with Gasteiger partial charge in [0.1, 0.15) is 0 Å². The fraction of sp³-hybridized carbons (Fsp3) is 0.235. The maximum Gasteiger partial charge on any atom is 0.416 e. The van der Waals surface area contributed by atoms with E-state index in [1.165, 1.54) is 32.1 Å². The number of rotatable bonds is 4. The third-order valence-electron chi connectivity index (χ3n) is 3.10. The number of hydrogen-bond donors (Lipinski definition) is 1. The highest BCUT2D eigenvalue weighted by Crippen LogP contribution is 2.37. The SMILES string of the molecule is C/C(=C/C=C/C(C)=C/C(=O)O)c1cc(C(F)(F)F)cc(C(F)(F)F)c1. The molecular formula is C17H14F6O2. The molecule has 8 heteroatoms. The number of carboxylic acids is 1. The number of aliphatic carboxylic acids is 1. The van der Waals surface area contributed by atoms with E-state index in [2.05, 4.69) is 0 Å². The first kappa shape index (κ1) is 20.5. The quantitative estimate of drug-likeness (QED) is 0.422. The number of carboxylic acid groups (broad SMARTS) is 1. The van der Waals surface area contributed by atoms with Gasteiger partial charge in [-0.3, -0.25) is 0 Å². The highest BCUT2D eigenvalue weighted by molar-refractivity contribution is 5.81. The number of alkyl halides is 6. The molecule has 0 amide bonds. The number of halogens is 6.